The van der Waals surface area contributed by atoms with Gasteiger partial charge in [0.1, 0.15) is 0 Å². The maximum absolute atomic E-state index is 10.9. The number of hydrogen-bond acceptors (Lipinski definition) is 3. The first kappa shape index (κ1) is 9.82. The van der Waals surface area contributed by atoms with Gasteiger partial charge in [-0.2, -0.15) is 5.10 Å². The lowest BCUT2D eigenvalue weighted by atomic mass is 10.1. The molecule has 1 aliphatic rings. The van der Waals surface area contributed by atoms with Gasteiger partial charge in [-0.15, -0.1) is 0 Å². The summed E-state index contributed by atoms with van der Waals surface area (Å²) in [6, 6.07) is 1.66. The number of nitrogens with zero attached hydrogens (tertiary/aromatic N) is 2. The molecule has 0 spiro atoms. The molecule has 0 saturated carbocycles. The van der Waals surface area contributed by atoms with E-state index in [-0.39, 0.29) is 6.04 Å². The van der Waals surface area contributed by atoms with Crippen LogP contribution in [-0.4, -0.2) is 31.8 Å². The molecule has 14 heavy (non-hydrogen) atoms. The van der Waals surface area contributed by atoms with Crippen LogP contribution in [0.25, 0.3) is 0 Å². The maximum Gasteiger partial charge on any atom is 0.205 e. The molecule has 2 atom stereocenters. The summed E-state index contributed by atoms with van der Waals surface area (Å²) < 4.78 is 26.8. The predicted octanol–water partition coefficient (Wildman–Crippen LogP) is 0.815. The molecule has 0 aliphatic carbocycles. The second kappa shape index (κ2) is 4.20. The van der Waals surface area contributed by atoms with Gasteiger partial charge >= 0.3 is 0 Å². The lowest BCUT2D eigenvalue weighted by Crippen LogP contribution is -2.23. The first-order valence-electron chi connectivity index (χ1n) is 4.51. The van der Waals surface area contributed by atoms with E-state index in [4.69, 9.17) is 9.29 Å². The zero-order chi connectivity index (χ0) is 9.97. The summed E-state index contributed by atoms with van der Waals surface area (Å²) in [6.07, 6.45) is 3.46. The van der Waals surface area contributed by atoms with Gasteiger partial charge in [0.05, 0.1) is 18.8 Å². The van der Waals surface area contributed by atoms with Crippen LogP contribution in [0.15, 0.2) is 17.3 Å². The fourth-order valence-corrected chi connectivity index (χ4v) is 2.16. The second-order valence-corrected chi connectivity index (χ2v) is 4.15. The topological polar surface area (TPSA) is 64.3 Å². The highest BCUT2D eigenvalue weighted by Crippen LogP contribution is 2.21. The normalized spacial score (nSPS) is 24.8. The van der Waals surface area contributed by atoms with Gasteiger partial charge < -0.3 is 9.29 Å². The van der Waals surface area contributed by atoms with Crippen molar-refractivity contribution in [2.45, 2.75) is 23.9 Å². The van der Waals surface area contributed by atoms with Gasteiger partial charge in [-0.25, -0.2) is 8.89 Å². The van der Waals surface area contributed by atoms with E-state index < -0.39 is 11.1 Å². The predicted molar refractivity (Wildman–Crippen MR) is 50.4 cm³/mol. The molecule has 6 heteroatoms. The third kappa shape index (κ3) is 1.87. The molecule has 0 amide bonds. The fourth-order valence-electron chi connectivity index (χ4n) is 1.63. The molecule has 1 aromatic heterocycles. The second-order valence-electron chi connectivity index (χ2n) is 3.23. The molecule has 1 aromatic rings. The van der Waals surface area contributed by atoms with Crippen LogP contribution in [0.1, 0.15) is 18.9 Å². The van der Waals surface area contributed by atoms with Crippen molar-refractivity contribution in [3.8, 4) is 0 Å². The van der Waals surface area contributed by atoms with Crippen molar-refractivity contribution in [1.82, 2.24) is 9.78 Å². The van der Waals surface area contributed by atoms with Crippen molar-refractivity contribution in [2.24, 2.45) is 0 Å². The van der Waals surface area contributed by atoms with Gasteiger partial charge in [-0.1, -0.05) is 0 Å². The molecule has 5 nitrogen and oxygen atoms in total. The van der Waals surface area contributed by atoms with Gasteiger partial charge in [-0.05, 0) is 18.9 Å². The Kier molecular flexibility index (Phi) is 2.95. The molecule has 2 rings (SSSR count). The highest BCUT2D eigenvalue weighted by atomic mass is 32.2. The minimum Gasteiger partial charge on any atom is -0.379 e. The minimum absolute atomic E-state index is 0.102. The molecule has 1 aliphatic heterocycles. The molecule has 0 aromatic carbocycles. The van der Waals surface area contributed by atoms with Crippen molar-refractivity contribution in [3.05, 3.63) is 12.3 Å². The van der Waals surface area contributed by atoms with Crippen molar-refractivity contribution < 1.29 is 13.5 Å². The molecular weight excluding hydrogens is 204 g/mol. The van der Waals surface area contributed by atoms with Gasteiger partial charge in [0.25, 0.3) is 0 Å². The average molecular weight is 216 g/mol. The van der Waals surface area contributed by atoms with Crippen molar-refractivity contribution >= 4 is 11.1 Å². The molecule has 0 radical (unpaired) electrons. The number of aromatic nitrogens is 2. The van der Waals surface area contributed by atoms with E-state index in [9.17, 15) is 4.21 Å². The van der Waals surface area contributed by atoms with Crippen molar-refractivity contribution in [2.75, 3.05) is 13.2 Å². The van der Waals surface area contributed by atoms with Crippen LogP contribution in [0.4, 0.5) is 0 Å². The quantitative estimate of drug-likeness (QED) is 0.743. The molecule has 1 saturated heterocycles. The third-order valence-corrected chi connectivity index (χ3v) is 2.98. The zero-order valence-electron chi connectivity index (χ0n) is 7.63. The molecule has 2 heterocycles. The summed E-state index contributed by atoms with van der Waals surface area (Å²) in [5.41, 5.74) is 0. The largest absolute Gasteiger partial charge is 0.379 e. The van der Waals surface area contributed by atoms with Gasteiger partial charge in [0.15, 0.2) is 5.03 Å². The van der Waals surface area contributed by atoms with Crippen LogP contribution in [-0.2, 0) is 15.8 Å². The maximum atomic E-state index is 10.9. The van der Waals surface area contributed by atoms with Crippen LogP contribution in [0.5, 0.6) is 0 Å². The summed E-state index contributed by atoms with van der Waals surface area (Å²) in [5, 5.41) is 4.39. The molecule has 2 unspecified atom stereocenters. The molecule has 1 fully saturated rings. The Balaban J connectivity index is 2.21. The van der Waals surface area contributed by atoms with Crippen LogP contribution >= 0.6 is 0 Å². The highest BCUT2D eigenvalue weighted by molar-refractivity contribution is 7.79. The molecule has 0 bridgehead atoms. The van der Waals surface area contributed by atoms with Gasteiger partial charge in [-0.3, -0.25) is 0 Å². The molecular formula is C8H12N2O3S. The average Bonchev–Trinajstić information content (AvgIpc) is 2.67. The molecule has 78 valence electrons. The van der Waals surface area contributed by atoms with E-state index >= 15 is 0 Å². The Morgan fingerprint density at radius 3 is 3.21 bits per heavy atom. The van der Waals surface area contributed by atoms with E-state index in [1.807, 2.05) is 0 Å². The number of hydrogen-bond donors (Lipinski definition) is 1. The molecule has 1 N–H and O–H groups in total. The first-order chi connectivity index (χ1) is 6.79. The van der Waals surface area contributed by atoms with Crippen molar-refractivity contribution in [1.29, 1.82) is 0 Å². The van der Waals surface area contributed by atoms with Gasteiger partial charge in [0.2, 0.25) is 11.1 Å². The van der Waals surface area contributed by atoms with E-state index in [0.717, 1.165) is 19.4 Å². The van der Waals surface area contributed by atoms with E-state index in [2.05, 4.69) is 5.10 Å². The van der Waals surface area contributed by atoms with Crippen molar-refractivity contribution in [3.63, 3.8) is 0 Å². The van der Waals surface area contributed by atoms with E-state index in [1.54, 1.807) is 10.7 Å². The standard InChI is InChI=1S/C8H12N2O3S/c11-14(12)8-3-4-9-10(8)7-2-1-5-13-6-7/h3-4,7H,1-2,5-6H2,(H,11,12). The van der Waals surface area contributed by atoms with Crippen LogP contribution in [0, 0.1) is 0 Å². The Hall–Kier alpha value is -0.720. The Bertz CT molecular complexity index is 333. The Morgan fingerprint density at radius 2 is 2.57 bits per heavy atom. The summed E-state index contributed by atoms with van der Waals surface area (Å²) in [6.45, 7) is 1.35. The first-order valence-corrected chi connectivity index (χ1v) is 5.62. The smallest absolute Gasteiger partial charge is 0.205 e. The minimum atomic E-state index is -1.97. The summed E-state index contributed by atoms with van der Waals surface area (Å²) in [5.74, 6) is 0. The fraction of sp³-hybridized carbons (Fsp3) is 0.625. The van der Waals surface area contributed by atoms with E-state index in [1.165, 1.54) is 6.20 Å². The summed E-state index contributed by atoms with van der Waals surface area (Å²) >= 11 is -1.97. The highest BCUT2D eigenvalue weighted by Gasteiger charge is 2.20. The Labute approximate surface area is 84.3 Å². The van der Waals surface area contributed by atoms with Crippen LogP contribution < -0.4 is 0 Å². The summed E-state index contributed by atoms with van der Waals surface area (Å²) in [4.78, 5) is 0. The monoisotopic (exact) mass is 216 g/mol. The SMILES string of the molecule is O=S(O)c1ccnn1C1CCCOC1. The Morgan fingerprint density at radius 1 is 1.71 bits per heavy atom. The van der Waals surface area contributed by atoms with Crippen LogP contribution in [0.3, 0.4) is 0 Å². The lowest BCUT2D eigenvalue weighted by Gasteiger charge is -2.23. The summed E-state index contributed by atoms with van der Waals surface area (Å²) in [7, 11) is 0. The number of ether oxygens (including phenoxy) is 1. The zero-order valence-corrected chi connectivity index (χ0v) is 8.44. The van der Waals surface area contributed by atoms with Crippen LogP contribution in [0.2, 0.25) is 0 Å². The third-order valence-electron chi connectivity index (χ3n) is 2.30. The lowest BCUT2D eigenvalue weighted by molar-refractivity contribution is 0.0517. The number of rotatable bonds is 2. The van der Waals surface area contributed by atoms with Gasteiger partial charge in [0, 0.05) is 6.61 Å². The van der Waals surface area contributed by atoms with E-state index in [0.29, 0.717) is 11.6 Å².